The lowest BCUT2D eigenvalue weighted by atomic mass is 9.98. The molecule has 1 amide bonds. The summed E-state index contributed by atoms with van der Waals surface area (Å²) in [4.78, 5) is 14.0. The zero-order chi connectivity index (χ0) is 25.2. The highest BCUT2D eigenvalue weighted by Gasteiger charge is 2.43. The Morgan fingerprint density at radius 1 is 0.706 bits per heavy atom. The van der Waals surface area contributed by atoms with Gasteiger partial charge >= 0.3 is 0 Å². The summed E-state index contributed by atoms with van der Waals surface area (Å²) in [6.45, 7) is 2.03. The predicted octanol–water partition coefficient (Wildman–Crippen LogP) is 2.87. The van der Waals surface area contributed by atoms with Crippen molar-refractivity contribution in [1.82, 2.24) is 4.90 Å². The Morgan fingerprint density at radius 3 is 1.65 bits per heavy atom. The van der Waals surface area contributed by atoms with Crippen LogP contribution in [0.15, 0.2) is 0 Å². The zero-order valence-corrected chi connectivity index (χ0v) is 21.3. The number of nitrogens with zero attached hydrogens (tertiary/aromatic N) is 1. The number of carbonyl (C=O) groups is 1. The maximum absolute atomic E-state index is 12.6. The van der Waals surface area contributed by atoms with Gasteiger partial charge in [0.25, 0.3) is 0 Å². The van der Waals surface area contributed by atoms with Crippen LogP contribution in [0, 0.1) is 0 Å². The third-order valence-electron chi connectivity index (χ3n) is 6.80. The van der Waals surface area contributed by atoms with E-state index in [1.807, 2.05) is 0 Å². The minimum Gasteiger partial charge on any atom is -0.395 e. The van der Waals surface area contributed by atoms with Gasteiger partial charge < -0.3 is 35.2 Å². The molecule has 1 aliphatic heterocycles. The summed E-state index contributed by atoms with van der Waals surface area (Å²) in [7, 11) is 0. The SMILES string of the molecule is CCCCCCCCCCCCCCCCCC(=O)N(CCO)C[C@H]1OC(O)[C@H](O)[C@@H](O)[C@H]1O. The Labute approximate surface area is 206 Å². The van der Waals surface area contributed by atoms with Crippen molar-refractivity contribution in [2.75, 3.05) is 19.7 Å². The fourth-order valence-corrected chi connectivity index (χ4v) is 4.54. The molecule has 34 heavy (non-hydrogen) atoms. The van der Waals surface area contributed by atoms with Crippen LogP contribution >= 0.6 is 0 Å². The van der Waals surface area contributed by atoms with Gasteiger partial charge in [0.1, 0.15) is 24.4 Å². The molecule has 0 radical (unpaired) electrons. The number of hydrogen-bond donors (Lipinski definition) is 5. The van der Waals surface area contributed by atoms with Crippen molar-refractivity contribution in [2.45, 2.75) is 140 Å². The molecule has 0 spiro atoms. The molecule has 5 atom stereocenters. The molecule has 1 fully saturated rings. The lowest BCUT2D eigenvalue weighted by Crippen LogP contribution is -2.60. The van der Waals surface area contributed by atoms with Gasteiger partial charge in [-0.1, -0.05) is 96.8 Å². The summed E-state index contributed by atoms with van der Waals surface area (Å²) < 4.78 is 5.16. The molecule has 0 aromatic carbocycles. The van der Waals surface area contributed by atoms with E-state index in [4.69, 9.17) is 4.74 Å². The first-order valence-electron chi connectivity index (χ1n) is 13.7. The molecule has 202 valence electrons. The van der Waals surface area contributed by atoms with Crippen LogP contribution in [0.2, 0.25) is 0 Å². The van der Waals surface area contributed by atoms with Crippen molar-refractivity contribution in [3.8, 4) is 0 Å². The summed E-state index contributed by atoms with van der Waals surface area (Å²) in [6.07, 6.45) is 11.9. The van der Waals surface area contributed by atoms with Crippen LogP contribution in [0.1, 0.15) is 110 Å². The standard InChI is InChI=1S/C26H51NO7/c1-2-3-4-5-6-7-8-9-10-11-12-13-14-15-16-17-22(29)27(18-19-28)20-21-23(30)24(31)25(32)26(33)34-21/h21,23-26,28,30-33H,2-20H2,1H3/t21-,23+,24+,25-,26?/m1/s1. The Kier molecular flexibility index (Phi) is 17.9. The highest BCUT2D eigenvalue weighted by molar-refractivity contribution is 5.76. The molecule has 8 nitrogen and oxygen atoms in total. The number of carbonyl (C=O) groups excluding carboxylic acids is 1. The van der Waals surface area contributed by atoms with Gasteiger partial charge in [0, 0.05) is 19.5 Å². The van der Waals surface area contributed by atoms with Gasteiger partial charge in [-0.15, -0.1) is 0 Å². The normalized spacial score (nSPS) is 24.9. The van der Waals surface area contributed by atoms with Gasteiger partial charge in [-0.2, -0.15) is 0 Å². The van der Waals surface area contributed by atoms with Crippen LogP contribution in [0.4, 0.5) is 0 Å². The summed E-state index contributed by atoms with van der Waals surface area (Å²) in [5.74, 6) is -0.158. The number of ether oxygens (including phenoxy) is 1. The van der Waals surface area contributed by atoms with E-state index in [9.17, 15) is 30.3 Å². The Hall–Kier alpha value is -0.770. The minimum atomic E-state index is -1.63. The maximum atomic E-state index is 12.6. The summed E-state index contributed by atoms with van der Waals surface area (Å²) in [6, 6.07) is 0. The monoisotopic (exact) mass is 489 g/mol. The number of unbranched alkanes of at least 4 members (excludes halogenated alkanes) is 14. The number of aliphatic hydroxyl groups is 5. The van der Waals surface area contributed by atoms with E-state index in [1.165, 1.54) is 81.9 Å². The third kappa shape index (κ3) is 12.8. The van der Waals surface area contributed by atoms with Crippen LogP contribution in [0.5, 0.6) is 0 Å². The fourth-order valence-electron chi connectivity index (χ4n) is 4.54. The zero-order valence-electron chi connectivity index (χ0n) is 21.3. The first-order chi connectivity index (χ1) is 16.4. The molecule has 0 saturated carbocycles. The molecule has 0 aromatic heterocycles. The van der Waals surface area contributed by atoms with Crippen LogP contribution in [-0.2, 0) is 9.53 Å². The van der Waals surface area contributed by atoms with E-state index >= 15 is 0 Å². The van der Waals surface area contributed by atoms with Gasteiger partial charge in [-0.05, 0) is 6.42 Å². The topological polar surface area (TPSA) is 131 Å². The van der Waals surface area contributed by atoms with E-state index in [-0.39, 0.29) is 25.6 Å². The smallest absolute Gasteiger partial charge is 0.222 e. The first-order valence-corrected chi connectivity index (χ1v) is 13.7. The second-order valence-electron chi connectivity index (χ2n) is 9.80. The fraction of sp³-hybridized carbons (Fsp3) is 0.962. The van der Waals surface area contributed by atoms with Crippen molar-refractivity contribution < 1.29 is 35.1 Å². The molecule has 1 heterocycles. The van der Waals surface area contributed by atoms with E-state index in [0.717, 1.165) is 19.3 Å². The molecule has 8 heteroatoms. The van der Waals surface area contributed by atoms with Crippen molar-refractivity contribution in [2.24, 2.45) is 0 Å². The summed E-state index contributed by atoms with van der Waals surface area (Å²) in [5, 5.41) is 48.5. The maximum Gasteiger partial charge on any atom is 0.222 e. The highest BCUT2D eigenvalue weighted by Crippen LogP contribution is 2.21. The van der Waals surface area contributed by atoms with Crippen molar-refractivity contribution in [1.29, 1.82) is 0 Å². The van der Waals surface area contributed by atoms with Crippen molar-refractivity contribution in [3.05, 3.63) is 0 Å². The summed E-state index contributed by atoms with van der Waals surface area (Å²) >= 11 is 0. The van der Waals surface area contributed by atoms with E-state index in [2.05, 4.69) is 6.92 Å². The molecule has 1 aliphatic rings. The van der Waals surface area contributed by atoms with Crippen LogP contribution in [0.25, 0.3) is 0 Å². The summed E-state index contributed by atoms with van der Waals surface area (Å²) in [5.41, 5.74) is 0. The number of amides is 1. The van der Waals surface area contributed by atoms with Crippen LogP contribution in [0.3, 0.4) is 0 Å². The van der Waals surface area contributed by atoms with Crippen molar-refractivity contribution in [3.63, 3.8) is 0 Å². The Bertz CT molecular complexity index is 508. The molecule has 1 saturated heterocycles. The van der Waals surface area contributed by atoms with Gasteiger partial charge in [-0.3, -0.25) is 4.79 Å². The largest absolute Gasteiger partial charge is 0.395 e. The molecule has 0 aliphatic carbocycles. The molecule has 0 bridgehead atoms. The lowest BCUT2D eigenvalue weighted by molar-refractivity contribution is -0.283. The van der Waals surface area contributed by atoms with Crippen LogP contribution < -0.4 is 0 Å². The average molecular weight is 490 g/mol. The molecule has 5 N–H and O–H groups in total. The Morgan fingerprint density at radius 2 is 1.18 bits per heavy atom. The molecule has 0 aromatic rings. The lowest BCUT2D eigenvalue weighted by Gasteiger charge is -2.40. The first kappa shape index (κ1) is 31.3. The minimum absolute atomic E-state index is 0.0693. The average Bonchev–Trinajstić information content (AvgIpc) is 2.83. The number of hydrogen-bond acceptors (Lipinski definition) is 7. The second-order valence-corrected chi connectivity index (χ2v) is 9.80. The molecule has 1 rings (SSSR count). The van der Waals surface area contributed by atoms with Gasteiger partial charge in [-0.25, -0.2) is 0 Å². The van der Waals surface area contributed by atoms with E-state index in [1.54, 1.807) is 0 Å². The van der Waals surface area contributed by atoms with E-state index < -0.39 is 30.7 Å². The Balaban J connectivity index is 2.10. The van der Waals surface area contributed by atoms with Gasteiger partial charge in [0.2, 0.25) is 5.91 Å². The second kappa shape index (κ2) is 19.4. The molecule has 1 unspecified atom stereocenters. The van der Waals surface area contributed by atoms with Crippen molar-refractivity contribution >= 4 is 5.91 Å². The van der Waals surface area contributed by atoms with Gasteiger partial charge in [0.05, 0.1) is 6.61 Å². The van der Waals surface area contributed by atoms with Gasteiger partial charge in [0.15, 0.2) is 6.29 Å². The predicted molar refractivity (Wildman–Crippen MR) is 132 cm³/mol. The van der Waals surface area contributed by atoms with E-state index in [0.29, 0.717) is 6.42 Å². The highest BCUT2D eigenvalue weighted by atomic mass is 16.6. The quantitative estimate of drug-likeness (QED) is 0.166. The number of aliphatic hydroxyl groups excluding tert-OH is 5. The number of rotatable bonds is 20. The third-order valence-corrected chi connectivity index (χ3v) is 6.80. The molecular formula is C26H51NO7. The molecular weight excluding hydrogens is 438 g/mol. The van der Waals surface area contributed by atoms with Crippen LogP contribution in [-0.4, -0.2) is 86.7 Å².